The number of carbonyl (C=O) groups is 2. The maximum Gasteiger partial charge on any atom is 0.305 e. The summed E-state index contributed by atoms with van der Waals surface area (Å²) in [6.45, 7) is 0. The Kier molecular flexibility index (Phi) is 5.59. The van der Waals surface area contributed by atoms with E-state index >= 15 is 0 Å². The Morgan fingerprint density at radius 3 is 2.82 bits per heavy atom. The van der Waals surface area contributed by atoms with Gasteiger partial charge in [0.15, 0.2) is 5.17 Å². The number of benzene rings is 1. The second-order valence-electron chi connectivity index (χ2n) is 4.17. The Labute approximate surface area is 146 Å². The maximum atomic E-state index is 11.5. The number of phenols is 1. The van der Waals surface area contributed by atoms with Crippen molar-refractivity contribution >= 4 is 66.9 Å². The Hall–Kier alpha value is -1.39. The van der Waals surface area contributed by atoms with Crippen LogP contribution in [0.5, 0.6) is 5.75 Å². The summed E-state index contributed by atoms with van der Waals surface area (Å²) in [4.78, 5) is 22.1. The van der Waals surface area contributed by atoms with E-state index in [0.717, 1.165) is 11.8 Å². The van der Waals surface area contributed by atoms with Gasteiger partial charge in [-0.15, -0.1) is 5.10 Å². The van der Waals surface area contributed by atoms with E-state index in [0.29, 0.717) is 14.5 Å². The number of aliphatic carboxylic acids is 1. The van der Waals surface area contributed by atoms with Crippen LogP contribution in [-0.2, 0) is 9.59 Å². The van der Waals surface area contributed by atoms with E-state index in [4.69, 9.17) is 5.11 Å². The van der Waals surface area contributed by atoms with Crippen LogP contribution in [-0.4, -0.2) is 38.7 Å². The van der Waals surface area contributed by atoms with E-state index in [1.807, 2.05) is 0 Å². The monoisotopic (exact) mass is 449 g/mol. The first-order valence-corrected chi connectivity index (χ1v) is 8.31. The predicted octanol–water partition coefficient (Wildman–Crippen LogP) is 2.31. The Morgan fingerprint density at radius 1 is 1.41 bits per heavy atom. The maximum absolute atomic E-state index is 11.5. The molecular weight excluding hydrogens is 442 g/mol. The molecule has 0 aliphatic carbocycles. The molecule has 1 fully saturated rings. The lowest BCUT2D eigenvalue weighted by atomic mass is 10.2. The summed E-state index contributed by atoms with van der Waals surface area (Å²) in [5, 5.41) is 27.9. The molecule has 1 amide bonds. The number of carbonyl (C=O) groups excluding carboxylic acids is 1. The zero-order valence-corrected chi connectivity index (χ0v) is 14.8. The molecule has 1 unspecified atom stereocenters. The highest BCUT2D eigenvalue weighted by molar-refractivity contribution is 9.11. The van der Waals surface area contributed by atoms with Gasteiger partial charge in [-0.25, -0.2) is 0 Å². The fraction of sp³-hybridized carbons (Fsp3) is 0.167. The standard InChI is InChI=1S/C12H9Br2N3O4S/c13-6-2-7(14)8(18)1-5(6)4-15-17-12-16-11(21)9(22-12)3-10(19)20/h1-2,4,9,18H,3H2,(H,19,20)(H,16,17,21). The number of phenolic OH excluding ortho intramolecular Hbond substituents is 1. The number of halogens is 2. The van der Waals surface area contributed by atoms with Gasteiger partial charge in [-0.3, -0.25) is 9.59 Å². The molecule has 1 aromatic rings. The number of thioether (sulfide) groups is 1. The van der Waals surface area contributed by atoms with Crippen molar-refractivity contribution in [3.63, 3.8) is 0 Å². The molecule has 1 aromatic carbocycles. The van der Waals surface area contributed by atoms with E-state index in [9.17, 15) is 14.7 Å². The number of carboxylic acid groups (broad SMARTS) is 1. The molecule has 10 heteroatoms. The van der Waals surface area contributed by atoms with Crippen LogP contribution in [0.2, 0.25) is 0 Å². The number of amides is 1. The molecule has 1 heterocycles. The van der Waals surface area contributed by atoms with Crippen LogP contribution in [0, 0.1) is 0 Å². The van der Waals surface area contributed by atoms with Gasteiger partial charge < -0.3 is 15.5 Å². The zero-order valence-electron chi connectivity index (χ0n) is 10.8. The van der Waals surface area contributed by atoms with Crippen LogP contribution in [0.1, 0.15) is 12.0 Å². The second-order valence-corrected chi connectivity index (χ2v) is 7.07. The topological polar surface area (TPSA) is 111 Å². The molecule has 0 aromatic heterocycles. The van der Waals surface area contributed by atoms with Crippen molar-refractivity contribution in [2.75, 3.05) is 0 Å². The fourth-order valence-electron chi connectivity index (χ4n) is 1.54. The summed E-state index contributed by atoms with van der Waals surface area (Å²) in [7, 11) is 0. The largest absolute Gasteiger partial charge is 0.507 e. The number of hydrogen-bond donors (Lipinski definition) is 3. The molecule has 7 nitrogen and oxygen atoms in total. The number of hydrogen-bond acceptors (Lipinski definition) is 6. The molecule has 22 heavy (non-hydrogen) atoms. The minimum absolute atomic E-state index is 0.0577. The number of rotatable bonds is 4. The molecule has 0 radical (unpaired) electrons. The van der Waals surface area contributed by atoms with Gasteiger partial charge in [-0.05, 0) is 28.1 Å². The number of nitrogens with one attached hydrogen (secondary N) is 1. The molecule has 1 saturated heterocycles. The minimum atomic E-state index is -1.05. The van der Waals surface area contributed by atoms with Crippen LogP contribution in [0.25, 0.3) is 0 Å². The van der Waals surface area contributed by atoms with E-state index in [1.165, 1.54) is 12.3 Å². The lowest BCUT2D eigenvalue weighted by Crippen LogP contribution is -2.26. The first-order chi connectivity index (χ1) is 10.4. The van der Waals surface area contributed by atoms with E-state index in [-0.39, 0.29) is 17.3 Å². The van der Waals surface area contributed by atoms with Gasteiger partial charge >= 0.3 is 5.97 Å². The Morgan fingerprint density at radius 2 is 2.14 bits per heavy atom. The molecule has 116 valence electrons. The lowest BCUT2D eigenvalue weighted by molar-refractivity contribution is -0.138. The predicted molar refractivity (Wildman–Crippen MR) is 90.3 cm³/mol. The van der Waals surface area contributed by atoms with Gasteiger partial charge in [0.2, 0.25) is 5.91 Å². The minimum Gasteiger partial charge on any atom is -0.507 e. The molecule has 2 rings (SSSR count). The molecule has 0 bridgehead atoms. The summed E-state index contributed by atoms with van der Waals surface area (Å²) in [6.07, 6.45) is 1.13. The first kappa shape index (κ1) is 17.0. The van der Waals surface area contributed by atoms with Gasteiger partial charge in [0.05, 0.1) is 17.1 Å². The van der Waals surface area contributed by atoms with Crippen LogP contribution >= 0.6 is 43.6 Å². The zero-order chi connectivity index (χ0) is 16.3. The van der Waals surface area contributed by atoms with Crippen molar-refractivity contribution in [1.29, 1.82) is 0 Å². The molecule has 0 saturated carbocycles. The van der Waals surface area contributed by atoms with Gasteiger partial charge in [0, 0.05) is 10.0 Å². The summed E-state index contributed by atoms with van der Waals surface area (Å²) >= 11 is 7.52. The van der Waals surface area contributed by atoms with E-state index < -0.39 is 17.1 Å². The van der Waals surface area contributed by atoms with Crippen LogP contribution in [0.3, 0.4) is 0 Å². The third-order valence-electron chi connectivity index (χ3n) is 2.55. The van der Waals surface area contributed by atoms with Gasteiger partial charge in [0.25, 0.3) is 0 Å². The fourth-order valence-corrected chi connectivity index (χ4v) is 3.55. The Balaban J connectivity index is 2.08. The van der Waals surface area contributed by atoms with Crippen molar-refractivity contribution in [3.05, 3.63) is 26.6 Å². The number of carboxylic acids is 1. The van der Waals surface area contributed by atoms with Crippen molar-refractivity contribution in [3.8, 4) is 5.75 Å². The van der Waals surface area contributed by atoms with E-state index in [1.54, 1.807) is 6.07 Å². The SMILES string of the molecule is O=C(O)CC1SC(=NN=Cc2cc(O)c(Br)cc2Br)NC1=O. The average molecular weight is 451 g/mol. The summed E-state index contributed by atoms with van der Waals surface area (Å²) in [5.74, 6) is -1.39. The third kappa shape index (κ3) is 4.31. The quantitative estimate of drug-likeness (QED) is 0.481. The molecule has 0 spiro atoms. The normalized spacial score (nSPS) is 19.8. The van der Waals surface area contributed by atoms with E-state index in [2.05, 4.69) is 47.4 Å². The summed E-state index contributed by atoms with van der Waals surface area (Å²) in [5.41, 5.74) is 0.599. The molecule has 3 N–H and O–H groups in total. The Bertz CT molecular complexity index is 693. The van der Waals surface area contributed by atoms with Crippen molar-refractivity contribution in [2.24, 2.45) is 10.2 Å². The smallest absolute Gasteiger partial charge is 0.305 e. The van der Waals surface area contributed by atoms with Gasteiger partial charge in [-0.1, -0.05) is 27.7 Å². The van der Waals surface area contributed by atoms with Gasteiger partial charge in [0.1, 0.15) is 11.0 Å². The lowest BCUT2D eigenvalue weighted by Gasteiger charge is -2.01. The first-order valence-electron chi connectivity index (χ1n) is 5.85. The van der Waals surface area contributed by atoms with Crippen molar-refractivity contribution in [2.45, 2.75) is 11.7 Å². The second kappa shape index (κ2) is 7.25. The molecule has 1 aliphatic rings. The van der Waals surface area contributed by atoms with Crippen LogP contribution in [0.4, 0.5) is 0 Å². The number of amidine groups is 1. The summed E-state index contributed by atoms with van der Waals surface area (Å²) < 4.78 is 1.24. The third-order valence-corrected chi connectivity index (χ3v) is 4.94. The van der Waals surface area contributed by atoms with Crippen molar-refractivity contribution in [1.82, 2.24) is 5.32 Å². The highest BCUT2D eigenvalue weighted by Crippen LogP contribution is 2.29. The average Bonchev–Trinajstić information content (AvgIpc) is 2.75. The number of nitrogens with zero attached hydrogens (tertiary/aromatic N) is 2. The highest BCUT2D eigenvalue weighted by Gasteiger charge is 2.32. The summed E-state index contributed by atoms with van der Waals surface area (Å²) in [6, 6.07) is 3.16. The molecule has 1 aliphatic heterocycles. The highest BCUT2D eigenvalue weighted by atomic mass is 79.9. The van der Waals surface area contributed by atoms with Crippen LogP contribution < -0.4 is 5.32 Å². The van der Waals surface area contributed by atoms with Crippen LogP contribution in [0.15, 0.2) is 31.3 Å². The molecule has 1 atom stereocenters. The van der Waals surface area contributed by atoms with Crippen molar-refractivity contribution < 1.29 is 19.8 Å². The number of aromatic hydroxyl groups is 1. The molecular formula is C12H9Br2N3O4S. The van der Waals surface area contributed by atoms with Gasteiger partial charge in [-0.2, -0.15) is 5.10 Å².